The molecule has 17 heavy (non-hydrogen) atoms. The van der Waals surface area contributed by atoms with Crippen LogP contribution in [0, 0.1) is 5.41 Å². The van der Waals surface area contributed by atoms with Crippen molar-refractivity contribution in [1.82, 2.24) is 5.32 Å². The molecule has 0 aliphatic rings. The second-order valence-corrected chi connectivity index (χ2v) is 5.81. The van der Waals surface area contributed by atoms with Gasteiger partial charge in [-0.1, -0.05) is 39.0 Å². The quantitative estimate of drug-likeness (QED) is 0.860. The molecular formula is C15H26N2. The number of anilines is 1. The lowest BCUT2D eigenvalue weighted by Crippen LogP contribution is -2.40. The monoisotopic (exact) mass is 234 g/mol. The SMILES string of the molecule is CNCc1ccccc1N(C)C(C)C(C)(C)C. The summed E-state index contributed by atoms with van der Waals surface area (Å²) in [6, 6.07) is 9.11. The molecule has 0 amide bonds. The van der Waals surface area contributed by atoms with Crippen molar-refractivity contribution in [3.8, 4) is 0 Å². The summed E-state index contributed by atoms with van der Waals surface area (Å²) < 4.78 is 0. The average molecular weight is 234 g/mol. The van der Waals surface area contributed by atoms with Gasteiger partial charge in [0.05, 0.1) is 0 Å². The second kappa shape index (κ2) is 5.54. The summed E-state index contributed by atoms with van der Waals surface area (Å²) in [6.45, 7) is 10.1. The fourth-order valence-corrected chi connectivity index (χ4v) is 1.98. The van der Waals surface area contributed by atoms with Gasteiger partial charge in [-0.15, -0.1) is 0 Å². The number of hydrogen-bond donors (Lipinski definition) is 1. The zero-order valence-electron chi connectivity index (χ0n) is 12.0. The van der Waals surface area contributed by atoms with Gasteiger partial charge in [0.2, 0.25) is 0 Å². The first-order valence-corrected chi connectivity index (χ1v) is 6.33. The van der Waals surface area contributed by atoms with E-state index in [0.29, 0.717) is 6.04 Å². The molecule has 0 spiro atoms. The highest BCUT2D eigenvalue weighted by molar-refractivity contribution is 5.54. The van der Waals surface area contributed by atoms with Crippen molar-refractivity contribution in [2.75, 3.05) is 19.0 Å². The molecule has 0 aromatic heterocycles. The van der Waals surface area contributed by atoms with E-state index in [-0.39, 0.29) is 5.41 Å². The van der Waals surface area contributed by atoms with Crippen LogP contribution >= 0.6 is 0 Å². The van der Waals surface area contributed by atoms with Crippen LogP contribution in [0.25, 0.3) is 0 Å². The Hall–Kier alpha value is -1.02. The summed E-state index contributed by atoms with van der Waals surface area (Å²) in [5, 5.41) is 3.23. The van der Waals surface area contributed by atoms with Crippen LogP contribution in [0.4, 0.5) is 5.69 Å². The van der Waals surface area contributed by atoms with Gasteiger partial charge in [0, 0.05) is 25.3 Å². The molecule has 1 aromatic carbocycles. The molecule has 0 saturated carbocycles. The van der Waals surface area contributed by atoms with Gasteiger partial charge in [0.25, 0.3) is 0 Å². The smallest absolute Gasteiger partial charge is 0.0411 e. The Bertz CT molecular complexity index is 352. The molecule has 0 saturated heterocycles. The van der Waals surface area contributed by atoms with Crippen LogP contribution in [-0.4, -0.2) is 20.1 Å². The number of hydrogen-bond acceptors (Lipinski definition) is 2. The minimum atomic E-state index is 0.279. The van der Waals surface area contributed by atoms with Crippen LogP contribution in [0.2, 0.25) is 0 Å². The number of rotatable bonds is 4. The van der Waals surface area contributed by atoms with Crippen LogP contribution in [0.5, 0.6) is 0 Å². The Morgan fingerprint density at radius 3 is 2.35 bits per heavy atom. The van der Waals surface area contributed by atoms with E-state index in [1.807, 2.05) is 7.05 Å². The molecule has 0 radical (unpaired) electrons. The minimum Gasteiger partial charge on any atom is -0.371 e. The topological polar surface area (TPSA) is 15.3 Å². The number of nitrogens with zero attached hydrogens (tertiary/aromatic N) is 1. The lowest BCUT2D eigenvalue weighted by molar-refractivity contribution is 0.329. The fraction of sp³-hybridized carbons (Fsp3) is 0.600. The fourth-order valence-electron chi connectivity index (χ4n) is 1.98. The van der Waals surface area contributed by atoms with Gasteiger partial charge in [-0.3, -0.25) is 0 Å². The maximum absolute atomic E-state index is 3.23. The minimum absolute atomic E-state index is 0.279. The van der Waals surface area contributed by atoms with E-state index >= 15 is 0 Å². The molecule has 1 aromatic rings. The van der Waals surface area contributed by atoms with E-state index in [2.05, 4.69) is 69.2 Å². The highest BCUT2D eigenvalue weighted by atomic mass is 15.1. The van der Waals surface area contributed by atoms with Gasteiger partial charge in [-0.25, -0.2) is 0 Å². The Kier molecular flexibility index (Phi) is 4.58. The Morgan fingerprint density at radius 1 is 1.24 bits per heavy atom. The molecule has 0 aliphatic carbocycles. The van der Waals surface area contributed by atoms with Crippen LogP contribution in [-0.2, 0) is 6.54 Å². The van der Waals surface area contributed by atoms with Crippen molar-refractivity contribution >= 4 is 5.69 Å². The predicted molar refractivity (Wildman–Crippen MR) is 76.5 cm³/mol. The normalized spacial score (nSPS) is 13.5. The molecule has 1 N–H and O–H groups in total. The molecular weight excluding hydrogens is 208 g/mol. The van der Waals surface area contributed by atoms with Crippen molar-refractivity contribution in [3.05, 3.63) is 29.8 Å². The van der Waals surface area contributed by atoms with E-state index in [9.17, 15) is 0 Å². The van der Waals surface area contributed by atoms with Crippen molar-refractivity contribution in [3.63, 3.8) is 0 Å². The average Bonchev–Trinajstić information content (AvgIpc) is 2.27. The highest BCUT2D eigenvalue weighted by Crippen LogP contribution is 2.29. The van der Waals surface area contributed by atoms with Crippen molar-refractivity contribution in [2.45, 2.75) is 40.3 Å². The molecule has 0 bridgehead atoms. The van der Waals surface area contributed by atoms with Crippen LogP contribution in [0.1, 0.15) is 33.3 Å². The van der Waals surface area contributed by atoms with Crippen LogP contribution in [0.3, 0.4) is 0 Å². The largest absolute Gasteiger partial charge is 0.371 e. The Balaban J connectivity index is 2.99. The third-order valence-electron chi connectivity index (χ3n) is 3.57. The highest BCUT2D eigenvalue weighted by Gasteiger charge is 2.24. The van der Waals surface area contributed by atoms with Gasteiger partial charge in [-0.2, -0.15) is 0 Å². The maximum Gasteiger partial charge on any atom is 0.0411 e. The Labute approximate surface area is 106 Å². The molecule has 0 fully saturated rings. The number of benzene rings is 1. The van der Waals surface area contributed by atoms with E-state index < -0.39 is 0 Å². The standard InChI is InChI=1S/C15H26N2/c1-12(15(2,3)4)17(6)14-10-8-7-9-13(14)11-16-5/h7-10,12,16H,11H2,1-6H3. The van der Waals surface area contributed by atoms with Crippen molar-refractivity contribution in [1.29, 1.82) is 0 Å². The summed E-state index contributed by atoms with van der Waals surface area (Å²) >= 11 is 0. The summed E-state index contributed by atoms with van der Waals surface area (Å²) in [7, 11) is 4.17. The van der Waals surface area contributed by atoms with Crippen molar-refractivity contribution in [2.24, 2.45) is 5.41 Å². The zero-order chi connectivity index (χ0) is 13.1. The first-order valence-electron chi connectivity index (χ1n) is 6.33. The lowest BCUT2D eigenvalue weighted by Gasteiger charge is -2.37. The maximum atomic E-state index is 3.23. The molecule has 2 nitrogen and oxygen atoms in total. The first kappa shape index (κ1) is 14.0. The molecule has 0 heterocycles. The molecule has 2 heteroatoms. The zero-order valence-corrected chi connectivity index (χ0v) is 12.0. The molecule has 1 rings (SSSR count). The van der Waals surface area contributed by atoms with E-state index in [1.54, 1.807) is 0 Å². The predicted octanol–water partition coefficient (Wildman–Crippen LogP) is 3.28. The van der Waals surface area contributed by atoms with E-state index in [4.69, 9.17) is 0 Å². The summed E-state index contributed by atoms with van der Waals surface area (Å²) in [6.07, 6.45) is 0. The molecule has 0 aliphatic heterocycles. The number of nitrogens with one attached hydrogen (secondary N) is 1. The molecule has 1 atom stereocenters. The van der Waals surface area contributed by atoms with E-state index in [0.717, 1.165) is 6.54 Å². The van der Waals surface area contributed by atoms with Gasteiger partial charge >= 0.3 is 0 Å². The van der Waals surface area contributed by atoms with Gasteiger partial charge < -0.3 is 10.2 Å². The first-order chi connectivity index (χ1) is 7.88. The Morgan fingerprint density at radius 2 is 1.82 bits per heavy atom. The summed E-state index contributed by atoms with van der Waals surface area (Å²) in [5.41, 5.74) is 2.96. The summed E-state index contributed by atoms with van der Waals surface area (Å²) in [4.78, 5) is 2.38. The van der Waals surface area contributed by atoms with Gasteiger partial charge in [-0.05, 0) is 31.0 Å². The second-order valence-electron chi connectivity index (χ2n) is 5.81. The molecule has 1 unspecified atom stereocenters. The van der Waals surface area contributed by atoms with Gasteiger partial charge in [0.1, 0.15) is 0 Å². The van der Waals surface area contributed by atoms with Gasteiger partial charge in [0.15, 0.2) is 0 Å². The lowest BCUT2D eigenvalue weighted by atomic mass is 9.86. The van der Waals surface area contributed by atoms with Crippen LogP contribution in [0.15, 0.2) is 24.3 Å². The third kappa shape index (κ3) is 3.47. The van der Waals surface area contributed by atoms with E-state index in [1.165, 1.54) is 11.3 Å². The summed E-state index contributed by atoms with van der Waals surface area (Å²) in [5.74, 6) is 0. The van der Waals surface area contributed by atoms with Crippen LogP contribution < -0.4 is 10.2 Å². The number of para-hydroxylation sites is 1. The third-order valence-corrected chi connectivity index (χ3v) is 3.57. The molecule has 96 valence electrons. The van der Waals surface area contributed by atoms with Crippen molar-refractivity contribution < 1.29 is 0 Å².